The molecule has 0 spiro atoms. The molecule has 20 heavy (non-hydrogen) atoms. The van der Waals surface area contributed by atoms with E-state index >= 15 is 0 Å². The normalized spacial score (nSPS) is 21.9. The van der Waals surface area contributed by atoms with Crippen LogP contribution < -0.4 is 5.32 Å². The largest absolute Gasteiger partial charge is 0.462 e. The third-order valence-electron chi connectivity index (χ3n) is 2.92. The molecule has 1 aliphatic heterocycles. The van der Waals surface area contributed by atoms with Crippen LogP contribution in [0.15, 0.2) is 28.7 Å². The van der Waals surface area contributed by atoms with Crippen LogP contribution in [0.2, 0.25) is 0 Å². The molecule has 2 N–H and O–H groups in total. The number of β-amino-alcohol motifs (C(OH)–C–C–N with tert-alkyl or cyclic N) is 1. The third kappa shape index (κ3) is 5.61. The second kappa shape index (κ2) is 7.20. The van der Waals surface area contributed by atoms with Crippen molar-refractivity contribution in [3.63, 3.8) is 0 Å². The van der Waals surface area contributed by atoms with Gasteiger partial charge in [-0.15, -0.1) is 0 Å². The number of carbonyl (C=O) groups is 1. The van der Waals surface area contributed by atoms with Crippen LogP contribution in [0.3, 0.4) is 0 Å². The molecule has 1 atom stereocenters. The smallest absolute Gasteiger partial charge is 0.293 e. The predicted molar refractivity (Wildman–Crippen MR) is 82.4 cm³/mol. The first-order valence-electron chi connectivity index (χ1n) is 6.57. The van der Waals surface area contributed by atoms with Gasteiger partial charge in [-0.2, -0.15) is 0 Å². The summed E-state index contributed by atoms with van der Waals surface area (Å²) in [5.74, 6) is 0. The highest BCUT2D eigenvalue weighted by atomic mass is 79.9. The molecule has 0 aromatic heterocycles. The van der Waals surface area contributed by atoms with Gasteiger partial charge < -0.3 is 15.2 Å². The maximum Gasteiger partial charge on any atom is 0.293 e. The number of rotatable bonds is 2. The lowest BCUT2D eigenvalue weighted by Crippen LogP contribution is -2.28. The Bertz CT molecular complexity index is 420. The number of ether oxygens (including phenoxy) is 1. The van der Waals surface area contributed by atoms with Crippen LogP contribution in [0.1, 0.15) is 32.8 Å². The lowest BCUT2D eigenvalue weighted by Gasteiger charge is -2.21. The maximum absolute atomic E-state index is 10.2. The van der Waals surface area contributed by atoms with Crippen molar-refractivity contribution in [1.29, 1.82) is 0 Å². The summed E-state index contributed by atoms with van der Waals surface area (Å²) in [5.41, 5.74) is 0.0309. The minimum Gasteiger partial charge on any atom is -0.462 e. The second-order valence-corrected chi connectivity index (χ2v) is 6.71. The summed E-state index contributed by atoms with van der Waals surface area (Å²) in [6.45, 7) is 7.48. The molecule has 1 aliphatic rings. The van der Waals surface area contributed by atoms with Gasteiger partial charge in [0.2, 0.25) is 0 Å². The highest BCUT2D eigenvalue weighted by Crippen LogP contribution is 2.28. The fourth-order valence-electron chi connectivity index (χ4n) is 1.83. The molecule has 1 heterocycles. The Morgan fingerprint density at radius 2 is 1.95 bits per heavy atom. The van der Waals surface area contributed by atoms with Gasteiger partial charge in [0.1, 0.15) is 11.2 Å². The highest BCUT2D eigenvalue weighted by Gasteiger charge is 2.32. The average Bonchev–Trinajstić information content (AvgIpc) is 2.77. The molecule has 1 fully saturated rings. The summed E-state index contributed by atoms with van der Waals surface area (Å²) in [7, 11) is 0. The lowest BCUT2D eigenvalue weighted by atomic mass is 9.93. The molecule has 112 valence electrons. The summed E-state index contributed by atoms with van der Waals surface area (Å²) in [4.78, 5) is 9.60. The van der Waals surface area contributed by atoms with Crippen LogP contribution in [-0.2, 0) is 15.1 Å². The monoisotopic (exact) mass is 343 g/mol. The Labute approximate surface area is 128 Å². The van der Waals surface area contributed by atoms with Crippen molar-refractivity contribution in [1.82, 2.24) is 5.32 Å². The molecule has 1 unspecified atom stereocenters. The molecular weight excluding hydrogens is 322 g/mol. The van der Waals surface area contributed by atoms with Gasteiger partial charge in [-0.05, 0) is 51.4 Å². The fourth-order valence-corrected chi connectivity index (χ4v) is 2.09. The highest BCUT2D eigenvalue weighted by molar-refractivity contribution is 9.10. The Kier molecular flexibility index (Phi) is 6.17. The zero-order valence-electron chi connectivity index (χ0n) is 12.1. The quantitative estimate of drug-likeness (QED) is 0.810. The van der Waals surface area contributed by atoms with Crippen LogP contribution in [0.5, 0.6) is 0 Å². The zero-order valence-corrected chi connectivity index (χ0v) is 13.7. The van der Waals surface area contributed by atoms with Crippen LogP contribution >= 0.6 is 15.9 Å². The first-order valence-corrected chi connectivity index (χ1v) is 7.37. The van der Waals surface area contributed by atoms with Crippen molar-refractivity contribution in [2.24, 2.45) is 0 Å². The van der Waals surface area contributed by atoms with Crippen molar-refractivity contribution in [2.75, 3.05) is 13.1 Å². The van der Waals surface area contributed by atoms with Gasteiger partial charge >= 0.3 is 0 Å². The molecule has 4 nitrogen and oxygen atoms in total. The van der Waals surface area contributed by atoms with Crippen LogP contribution in [0.4, 0.5) is 0 Å². The molecule has 5 heteroatoms. The summed E-state index contributed by atoms with van der Waals surface area (Å²) in [6, 6.07) is 7.87. The van der Waals surface area contributed by atoms with Gasteiger partial charge in [-0.1, -0.05) is 28.1 Å². The van der Waals surface area contributed by atoms with E-state index in [9.17, 15) is 9.90 Å². The lowest BCUT2D eigenvalue weighted by molar-refractivity contribution is -0.138. The second-order valence-electron chi connectivity index (χ2n) is 5.79. The molecule has 0 bridgehead atoms. The van der Waals surface area contributed by atoms with Crippen molar-refractivity contribution < 1.29 is 14.6 Å². The van der Waals surface area contributed by atoms with Gasteiger partial charge in [-0.3, -0.25) is 4.79 Å². The molecule has 0 radical (unpaired) electrons. The predicted octanol–water partition coefficient (Wildman–Crippen LogP) is 2.59. The first-order chi connectivity index (χ1) is 9.27. The summed E-state index contributed by atoms with van der Waals surface area (Å²) < 4.78 is 5.60. The number of hydrogen-bond acceptors (Lipinski definition) is 4. The summed E-state index contributed by atoms with van der Waals surface area (Å²) in [6.07, 6.45) is 0.800. The topological polar surface area (TPSA) is 58.6 Å². The van der Waals surface area contributed by atoms with Gasteiger partial charge in [0.05, 0.1) is 0 Å². The number of nitrogens with one attached hydrogen (secondary N) is 1. The van der Waals surface area contributed by atoms with Crippen LogP contribution in [-0.4, -0.2) is 30.3 Å². The number of carbonyl (C=O) groups excluding carboxylic acids is 1. The van der Waals surface area contributed by atoms with E-state index in [-0.39, 0.29) is 5.60 Å². The van der Waals surface area contributed by atoms with E-state index in [1.807, 2.05) is 45.0 Å². The summed E-state index contributed by atoms with van der Waals surface area (Å²) >= 11 is 3.37. The number of halogens is 1. The van der Waals surface area contributed by atoms with E-state index < -0.39 is 5.60 Å². The third-order valence-corrected chi connectivity index (χ3v) is 3.44. The Hall–Kier alpha value is -0.910. The number of benzene rings is 1. The van der Waals surface area contributed by atoms with Gasteiger partial charge in [-0.25, -0.2) is 0 Å². The fraction of sp³-hybridized carbons (Fsp3) is 0.533. The van der Waals surface area contributed by atoms with Crippen molar-refractivity contribution >= 4 is 22.4 Å². The molecule has 1 saturated heterocycles. The van der Waals surface area contributed by atoms with Gasteiger partial charge in [0.15, 0.2) is 0 Å². The van der Waals surface area contributed by atoms with E-state index in [1.165, 1.54) is 0 Å². The SMILES string of the molecule is CC(C)(C)OC=O.OC1(c2ccc(Br)cc2)CCNC1. The van der Waals surface area contributed by atoms with Crippen LogP contribution in [0.25, 0.3) is 0 Å². The van der Waals surface area contributed by atoms with E-state index in [1.54, 1.807) is 0 Å². The minimum atomic E-state index is -0.652. The van der Waals surface area contributed by atoms with Gasteiger partial charge in [0, 0.05) is 11.0 Å². The number of hydrogen-bond donors (Lipinski definition) is 2. The van der Waals surface area contributed by atoms with Crippen molar-refractivity contribution in [3.8, 4) is 0 Å². The summed E-state index contributed by atoms with van der Waals surface area (Å²) in [5, 5.41) is 13.3. The van der Waals surface area contributed by atoms with E-state index in [0.717, 1.165) is 23.0 Å². The maximum atomic E-state index is 10.2. The molecule has 1 aromatic carbocycles. The first kappa shape index (κ1) is 17.1. The van der Waals surface area contributed by atoms with Crippen molar-refractivity contribution in [2.45, 2.75) is 38.4 Å². The van der Waals surface area contributed by atoms with E-state index in [4.69, 9.17) is 0 Å². The van der Waals surface area contributed by atoms with Gasteiger partial charge in [0.25, 0.3) is 6.47 Å². The minimum absolute atomic E-state index is 0.318. The van der Waals surface area contributed by atoms with Crippen LogP contribution in [0, 0.1) is 0 Å². The molecular formula is C15H22BrNO3. The molecule has 0 aliphatic carbocycles. The van der Waals surface area contributed by atoms with E-state index in [2.05, 4.69) is 26.0 Å². The molecule has 2 rings (SSSR count). The zero-order chi connectivity index (χ0) is 15.2. The molecule has 0 amide bonds. The Morgan fingerprint density at radius 3 is 2.30 bits per heavy atom. The van der Waals surface area contributed by atoms with E-state index in [0.29, 0.717) is 13.0 Å². The standard InChI is InChI=1S/C10H12BrNO.C5H10O2/c11-9-3-1-8(2-4-9)10(13)5-6-12-7-10;1-5(2,3)7-4-6/h1-4,12-13H,5-7H2;4H,1-3H3. The number of aliphatic hydroxyl groups is 1. The van der Waals surface area contributed by atoms with Crippen molar-refractivity contribution in [3.05, 3.63) is 34.3 Å². The molecule has 0 saturated carbocycles. The molecule has 1 aromatic rings. The Balaban J connectivity index is 0.000000246. The Morgan fingerprint density at radius 1 is 1.35 bits per heavy atom. The average molecular weight is 344 g/mol.